The Kier molecular flexibility index (Phi) is 8.86. The molecule has 0 aromatic carbocycles. The Balaban J connectivity index is 1.28. The Bertz CT molecular complexity index is 942. The number of aromatic nitrogens is 4. The second kappa shape index (κ2) is 11.6. The molecule has 2 aromatic heterocycles. The minimum Gasteiger partial charge on any atom is -0.392 e. The number of aliphatic hydroxyl groups excluding tert-OH is 1. The molecule has 0 bridgehead atoms. The molecule has 1 fully saturated rings. The third-order valence-electron chi connectivity index (χ3n) is 6.24. The van der Waals surface area contributed by atoms with E-state index < -0.39 is 5.69 Å². The van der Waals surface area contributed by atoms with Crippen LogP contribution in [0.1, 0.15) is 57.2 Å². The number of aryl methyl sites for hydroxylation is 3. The number of aliphatic hydroxyl groups is 1. The van der Waals surface area contributed by atoms with Gasteiger partial charge in [-0.15, -0.1) is 0 Å². The van der Waals surface area contributed by atoms with Crippen LogP contribution in [0.2, 0.25) is 0 Å². The number of fused-ring (bicyclic) bond motifs is 1. The van der Waals surface area contributed by atoms with Gasteiger partial charge in [0, 0.05) is 40.2 Å². The molecular weight excluding hydrogens is 398 g/mol. The molecule has 0 spiro atoms. The second-order valence-corrected chi connectivity index (χ2v) is 8.66. The number of nitrogens with one attached hydrogen (secondary N) is 1. The van der Waals surface area contributed by atoms with Crippen molar-refractivity contribution >= 4 is 11.2 Å². The number of hydrogen-bond donors (Lipinski definition) is 2. The Hall–Kier alpha value is -1.97. The van der Waals surface area contributed by atoms with Crippen LogP contribution >= 0.6 is 0 Å². The van der Waals surface area contributed by atoms with E-state index >= 15 is 0 Å². The lowest BCUT2D eigenvalue weighted by Gasteiger charge is -2.28. The van der Waals surface area contributed by atoms with E-state index in [1.54, 1.807) is 11.6 Å². The molecule has 0 saturated carbocycles. The summed E-state index contributed by atoms with van der Waals surface area (Å²) in [5, 5.41) is 10.2. The molecule has 3 rings (SSSR count). The number of hydrogen-bond acceptors (Lipinski definition) is 6. The van der Waals surface area contributed by atoms with Crippen LogP contribution in [0.15, 0.2) is 9.59 Å². The van der Waals surface area contributed by atoms with Gasteiger partial charge < -0.3 is 14.4 Å². The van der Waals surface area contributed by atoms with E-state index in [1.165, 1.54) is 30.3 Å². The van der Waals surface area contributed by atoms with Crippen molar-refractivity contribution in [3.05, 3.63) is 26.7 Å². The second-order valence-electron chi connectivity index (χ2n) is 8.66. The fourth-order valence-corrected chi connectivity index (χ4v) is 4.30. The van der Waals surface area contributed by atoms with E-state index in [2.05, 4.69) is 14.9 Å². The molecule has 1 aliphatic heterocycles. The normalized spacial score (nSPS) is 16.2. The lowest BCUT2D eigenvalue weighted by molar-refractivity contribution is 0.0127. The molecule has 2 N–H and O–H groups in total. The number of morpholine rings is 1. The minimum atomic E-state index is -0.434. The van der Waals surface area contributed by atoms with Crippen molar-refractivity contribution in [2.45, 2.75) is 63.9 Å². The molecule has 1 atom stereocenters. The molecule has 174 valence electrons. The lowest BCUT2D eigenvalue weighted by atomic mass is 10.1. The van der Waals surface area contributed by atoms with Gasteiger partial charge >= 0.3 is 5.69 Å². The molecular formula is C22H37N5O4. The van der Waals surface area contributed by atoms with E-state index in [9.17, 15) is 14.7 Å². The van der Waals surface area contributed by atoms with Crippen molar-refractivity contribution in [2.75, 3.05) is 32.8 Å². The van der Waals surface area contributed by atoms with E-state index in [1.807, 2.05) is 7.05 Å². The molecule has 2 aromatic rings. The first-order valence-corrected chi connectivity index (χ1v) is 11.6. The smallest absolute Gasteiger partial charge is 0.329 e. The van der Waals surface area contributed by atoms with Crippen molar-refractivity contribution in [2.24, 2.45) is 14.1 Å². The zero-order valence-corrected chi connectivity index (χ0v) is 18.9. The van der Waals surface area contributed by atoms with Gasteiger partial charge in [-0.3, -0.25) is 19.2 Å². The molecule has 1 aliphatic rings. The monoisotopic (exact) mass is 435 g/mol. The van der Waals surface area contributed by atoms with Crippen molar-refractivity contribution in [3.8, 4) is 0 Å². The van der Waals surface area contributed by atoms with Gasteiger partial charge in [-0.05, 0) is 12.8 Å². The third kappa shape index (κ3) is 6.51. The van der Waals surface area contributed by atoms with Crippen LogP contribution in [0.4, 0.5) is 0 Å². The quantitative estimate of drug-likeness (QED) is 0.487. The van der Waals surface area contributed by atoms with Crippen LogP contribution in [0.3, 0.4) is 0 Å². The van der Waals surface area contributed by atoms with E-state index in [4.69, 9.17) is 4.74 Å². The number of nitrogens with zero attached hydrogens (tertiary/aromatic N) is 4. The summed E-state index contributed by atoms with van der Waals surface area (Å²) in [6, 6.07) is 0. The fraction of sp³-hybridized carbons (Fsp3) is 0.773. The Morgan fingerprint density at radius 1 is 1.00 bits per heavy atom. The molecule has 0 amide bonds. The summed E-state index contributed by atoms with van der Waals surface area (Å²) in [4.78, 5) is 33.0. The van der Waals surface area contributed by atoms with Gasteiger partial charge in [0.1, 0.15) is 5.82 Å². The standard InChI is InChI=1S/C22H37N5O4/c1-25-18(23-20-19(25)21(29)24-22(30)26(20)2)11-9-7-5-3-4-6-8-10-17(28)16-27-12-14-31-15-13-27/h17,28H,3-16H2,1-2H3,(H,24,29,30). The Labute approximate surface area is 183 Å². The maximum atomic E-state index is 12.1. The van der Waals surface area contributed by atoms with Crippen LogP contribution in [-0.2, 0) is 25.3 Å². The van der Waals surface area contributed by atoms with Crippen LogP contribution in [0.5, 0.6) is 0 Å². The summed E-state index contributed by atoms with van der Waals surface area (Å²) in [7, 11) is 3.46. The zero-order chi connectivity index (χ0) is 22.2. The number of unbranched alkanes of at least 4 members (excludes halogenated alkanes) is 6. The Morgan fingerprint density at radius 3 is 2.35 bits per heavy atom. The summed E-state index contributed by atoms with van der Waals surface area (Å²) in [5.74, 6) is 0.843. The van der Waals surface area contributed by atoms with E-state index in [0.29, 0.717) is 11.2 Å². The predicted octanol–water partition coefficient (Wildman–Crippen LogP) is 1.32. The number of rotatable bonds is 12. The first-order valence-electron chi connectivity index (χ1n) is 11.6. The first kappa shape index (κ1) is 23.7. The van der Waals surface area contributed by atoms with Gasteiger partial charge in [0.05, 0.1) is 19.3 Å². The highest BCUT2D eigenvalue weighted by Crippen LogP contribution is 2.14. The summed E-state index contributed by atoms with van der Waals surface area (Å²) in [5.41, 5.74) is 0.0835. The van der Waals surface area contributed by atoms with Gasteiger partial charge in [-0.2, -0.15) is 0 Å². The number of H-pyrrole nitrogens is 1. The van der Waals surface area contributed by atoms with Gasteiger partial charge in [-0.25, -0.2) is 9.78 Å². The molecule has 31 heavy (non-hydrogen) atoms. The van der Waals surface area contributed by atoms with E-state index in [0.717, 1.165) is 70.8 Å². The third-order valence-corrected chi connectivity index (χ3v) is 6.24. The zero-order valence-electron chi connectivity index (χ0n) is 18.9. The fourth-order valence-electron chi connectivity index (χ4n) is 4.30. The van der Waals surface area contributed by atoms with Crippen molar-refractivity contribution < 1.29 is 9.84 Å². The predicted molar refractivity (Wildman–Crippen MR) is 120 cm³/mol. The first-order chi connectivity index (χ1) is 15.0. The van der Waals surface area contributed by atoms with Crippen LogP contribution in [0.25, 0.3) is 11.2 Å². The van der Waals surface area contributed by atoms with Gasteiger partial charge in [-0.1, -0.05) is 38.5 Å². The molecule has 0 aliphatic carbocycles. The number of β-amino-alcohol motifs (C(OH)–C–C–N with tert-alkyl or cyclic N) is 1. The molecule has 0 radical (unpaired) electrons. The molecule has 1 unspecified atom stereocenters. The van der Waals surface area contributed by atoms with Gasteiger partial charge in [0.2, 0.25) is 0 Å². The van der Waals surface area contributed by atoms with Crippen LogP contribution in [-0.4, -0.2) is 68.1 Å². The summed E-state index contributed by atoms with van der Waals surface area (Å²) in [6.07, 6.45) is 9.43. The van der Waals surface area contributed by atoms with Crippen LogP contribution < -0.4 is 11.2 Å². The van der Waals surface area contributed by atoms with Crippen molar-refractivity contribution in [1.29, 1.82) is 0 Å². The molecule has 9 heteroatoms. The molecule has 9 nitrogen and oxygen atoms in total. The highest BCUT2D eigenvalue weighted by atomic mass is 16.5. The molecule has 1 saturated heterocycles. The average Bonchev–Trinajstić information content (AvgIpc) is 3.08. The van der Waals surface area contributed by atoms with Crippen molar-refractivity contribution in [3.63, 3.8) is 0 Å². The van der Waals surface area contributed by atoms with Crippen molar-refractivity contribution in [1.82, 2.24) is 24.0 Å². The highest BCUT2D eigenvalue weighted by Gasteiger charge is 2.15. The minimum absolute atomic E-state index is 0.224. The number of aromatic amines is 1. The summed E-state index contributed by atoms with van der Waals surface area (Å²) >= 11 is 0. The summed E-state index contributed by atoms with van der Waals surface area (Å²) in [6.45, 7) is 4.19. The lowest BCUT2D eigenvalue weighted by Crippen LogP contribution is -2.40. The number of imidazole rings is 1. The number of ether oxygens (including phenoxy) is 1. The summed E-state index contributed by atoms with van der Waals surface area (Å²) < 4.78 is 8.53. The Morgan fingerprint density at radius 2 is 1.65 bits per heavy atom. The van der Waals surface area contributed by atoms with Gasteiger partial charge in [0.25, 0.3) is 5.56 Å². The average molecular weight is 436 g/mol. The topological polar surface area (TPSA) is 105 Å². The van der Waals surface area contributed by atoms with E-state index in [-0.39, 0.29) is 11.7 Å². The van der Waals surface area contributed by atoms with Gasteiger partial charge in [0.15, 0.2) is 11.2 Å². The molecule has 3 heterocycles. The maximum absolute atomic E-state index is 12.1. The largest absolute Gasteiger partial charge is 0.392 e. The maximum Gasteiger partial charge on any atom is 0.329 e. The highest BCUT2D eigenvalue weighted by molar-refractivity contribution is 5.70. The SMILES string of the molecule is Cn1c(CCCCCCCCCC(O)CN2CCOCC2)nc2c1c(=O)[nH]c(=O)n2C. The van der Waals surface area contributed by atoms with Crippen LogP contribution in [0, 0.1) is 0 Å².